The number of carbonyl (C=O) groups excluding carboxylic acids is 1. The van der Waals surface area contributed by atoms with Gasteiger partial charge in [-0.2, -0.15) is 0 Å². The Morgan fingerprint density at radius 2 is 1.58 bits per heavy atom. The molecule has 0 aromatic carbocycles. The topological polar surface area (TPSA) is 55.1 Å². The Hall–Kier alpha value is -0.570. The second-order valence-corrected chi connectivity index (χ2v) is 6.61. The van der Waals surface area contributed by atoms with Gasteiger partial charge in [0, 0.05) is 18.0 Å². The highest BCUT2D eigenvalue weighted by atomic mass is 16.2. The minimum absolute atomic E-state index is 0.147. The van der Waals surface area contributed by atoms with Crippen molar-refractivity contribution in [2.45, 2.75) is 83.2 Å². The Morgan fingerprint density at radius 1 is 0.947 bits per heavy atom. The lowest BCUT2D eigenvalue weighted by Gasteiger charge is -2.34. The molecule has 19 heavy (non-hydrogen) atoms. The number of carbonyl (C=O) groups is 1. The van der Waals surface area contributed by atoms with Gasteiger partial charge in [0.1, 0.15) is 0 Å². The smallest absolute Gasteiger partial charge is 0.223 e. The molecule has 0 saturated heterocycles. The molecule has 2 aliphatic carbocycles. The van der Waals surface area contributed by atoms with E-state index in [2.05, 4.69) is 12.2 Å². The van der Waals surface area contributed by atoms with Gasteiger partial charge in [0.2, 0.25) is 5.91 Å². The second-order valence-electron chi connectivity index (χ2n) is 6.61. The summed E-state index contributed by atoms with van der Waals surface area (Å²) in [4.78, 5) is 12.5. The normalized spacial score (nSPS) is 34.3. The van der Waals surface area contributed by atoms with E-state index in [0.29, 0.717) is 12.0 Å². The molecule has 0 radical (unpaired) electrons. The molecule has 3 unspecified atom stereocenters. The maximum atomic E-state index is 12.5. The molecule has 1 amide bonds. The molecule has 3 nitrogen and oxygen atoms in total. The van der Waals surface area contributed by atoms with Gasteiger partial charge in [-0.15, -0.1) is 0 Å². The van der Waals surface area contributed by atoms with Crippen molar-refractivity contribution in [2.75, 3.05) is 0 Å². The molecule has 2 aliphatic rings. The third kappa shape index (κ3) is 4.20. The number of amides is 1. The summed E-state index contributed by atoms with van der Waals surface area (Å²) in [5, 5.41) is 3.31. The van der Waals surface area contributed by atoms with E-state index in [-0.39, 0.29) is 17.9 Å². The van der Waals surface area contributed by atoms with Crippen LogP contribution in [0.3, 0.4) is 0 Å². The van der Waals surface area contributed by atoms with Crippen molar-refractivity contribution >= 4 is 5.91 Å². The highest BCUT2D eigenvalue weighted by Gasteiger charge is 2.33. The largest absolute Gasteiger partial charge is 0.353 e. The monoisotopic (exact) mass is 266 g/mol. The van der Waals surface area contributed by atoms with Crippen molar-refractivity contribution in [2.24, 2.45) is 17.6 Å². The predicted molar refractivity (Wildman–Crippen MR) is 78.7 cm³/mol. The summed E-state index contributed by atoms with van der Waals surface area (Å²) in [5.41, 5.74) is 6.11. The van der Waals surface area contributed by atoms with Gasteiger partial charge in [-0.3, -0.25) is 4.79 Å². The first kappa shape index (κ1) is 14.8. The number of rotatable bonds is 2. The van der Waals surface area contributed by atoms with Crippen LogP contribution in [0.4, 0.5) is 0 Å². The Bertz CT molecular complexity index is 284. The zero-order valence-electron chi connectivity index (χ0n) is 12.4. The lowest BCUT2D eigenvalue weighted by molar-refractivity contribution is -0.128. The van der Waals surface area contributed by atoms with Crippen LogP contribution in [0.15, 0.2) is 0 Å². The molecule has 2 fully saturated rings. The summed E-state index contributed by atoms with van der Waals surface area (Å²) < 4.78 is 0. The van der Waals surface area contributed by atoms with Crippen LogP contribution in [0.25, 0.3) is 0 Å². The van der Waals surface area contributed by atoms with Gasteiger partial charge in [-0.05, 0) is 31.6 Å². The lowest BCUT2D eigenvalue weighted by Crippen LogP contribution is -2.47. The molecular formula is C16H30N2O. The van der Waals surface area contributed by atoms with E-state index in [1.807, 2.05) is 0 Å². The lowest BCUT2D eigenvalue weighted by atomic mass is 9.76. The second kappa shape index (κ2) is 7.28. The van der Waals surface area contributed by atoms with Crippen LogP contribution in [0, 0.1) is 11.8 Å². The first-order valence-corrected chi connectivity index (χ1v) is 8.24. The van der Waals surface area contributed by atoms with Crippen molar-refractivity contribution in [3.63, 3.8) is 0 Å². The fourth-order valence-electron chi connectivity index (χ4n) is 3.68. The summed E-state index contributed by atoms with van der Waals surface area (Å²) in [7, 11) is 0. The number of nitrogens with one attached hydrogen (secondary N) is 1. The molecule has 3 atom stereocenters. The van der Waals surface area contributed by atoms with Gasteiger partial charge in [0.15, 0.2) is 0 Å². The minimum Gasteiger partial charge on any atom is -0.353 e. The van der Waals surface area contributed by atoms with Crippen LogP contribution in [0.5, 0.6) is 0 Å². The van der Waals surface area contributed by atoms with Gasteiger partial charge < -0.3 is 11.1 Å². The standard InChI is InChI=1S/C16H30N2O/c1-12-14(10-7-11-15(12)17)16(19)18-13-8-5-3-2-4-6-9-13/h12-15H,2-11,17H2,1H3,(H,18,19). The third-order valence-corrected chi connectivity index (χ3v) is 5.15. The molecular weight excluding hydrogens is 236 g/mol. The third-order valence-electron chi connectivity index (χ3n) is 5.15. The van der Waals surface area contributed by atoms with Gasteiger partial charge in [0.25, 0.3) is 0 Å². The highest BCUT2D eigenvalue weighted by molar-refractivity contribution is 5.79. The Labute approximate surface area is 117 Å². The van der Waals surface area contributed by atoms with Crippen LogP contribution in [0.2, 0.25) is 0 Å². The number of nitrogens with two attached hydrogens (primary N) is 1. The van der Waals surface area contributed by atoms with Gasteiger partial charge in [0.05, 0.1) is 0 Å². The van der Waals surface area contributed by atoms with E-state index in [9.17, 15) is 4.79 Å². The fourth-order valence-corrected chi connectivity index (χ4v) is 3.68. The summed E-state index contributed by atoms with van der Waals surface area (Å²) in [6, 6.07) is 0.625. The van der Waals surface area contributed by atoms with E-state index in [4.69, 9.17) is 5.73 Å². The van der Waals surface area contributed by atoms with Crippen molar-refractivity contribution < 1.29 is 4.79 Å². The molecule has 2 rings (SSSR count). The highest BCUT2D eigenvalue weighted by Crippen LogP contribution is 2.29. The van der Waals surface area contributed by atoms with Crippen LogP contribution < -0.4 is 11.1 Å². The molecule has 3 heteroatoms. The molecule has 3 N–H and O–H groups in total. The van der Waals surface area contributed by atoms with E-state index < -0.39 is 0 Å². The quantitative estimate of drug-likeness (QED) is 0.807. The Balaban J connectivity index is 1.84. The maximum Gasteiger partial charge on any atom is 0.223 e. The van der Waals surface area contributed by atoms with Crippen molar-refractivity contribution in [3.8, 4) is 0 Å². The zero-order chi connectivity index (χ0) is 13.7. The molecule has 0 aliphatic heterocycles. The van der Waals surface area contributed by atoms with E-state index >= 15 is 0 Å². The van der Waals surface area contributed by atoms with Crippen LogP contribution in [-0.4, -0.2) is 18.0 Å². The summed E-state index contributed by atoms with van der Waals surface area (Å²) in [5.74, 6) is 0.754. The van der Waals surface area contributed by atoms with E-state index in [1.54, 1.807) is 0 Å². The fraction of sp³-hybridized carbons (Fsp3) is 0.938. The van der Waals surface area contributed by atoms with Crippen molar-refractivity contribution in [1.29, 1.82) is 0 Å². The average molecular weight is 266 g/mol. The molecule has 0 bridgehead atoms. The minimum atomic E-state index is 0.147. The van der Waals surface area contributed by atoms with Crippen LogP contribution in [0.1, 0.15) is 71.1 Å². The van der Waals surface area contributed by atoms with Crippen LogP contribution >= 0.6 is 0 Å². The van der Waals surface area contributed by atoms with Gasteiger partial charge >= 0.3 is 0 Å². The predicted octanol–water partition coefficient (Wildman–Crippen LogP) is 2.98. The Kier molecular flexibility index (Phi) is 5.68. The van der Waals surface area contributed by atoms with Crippen LogP contribution in [-0.2, 0) is 4.79 Å². The molecule has 2 saturated carbocycles. The summed E-state index contributed by atoms with van der Waals surface area (Å²) in [6.07, 6.45) is 12.1. The van der Waals surface area contributed by atoms with Gasteiger partial charge in [-0.25, -0.2) is 0 Å². The zero-order valence-corrected chi connectivity index (χ0v) is 12.4. The van der Waals surface area contributed by atoms with E-state index in [0.717, 1.165) is 19.3 Å². The molecule has 0 aromatic rings. The molecule has 0 heterocycles. The van der Waals surface area contributed by atoms with Crippen molar-refractivity contribution in [3.05, 3.63) is 0 Å². The molecule has 0 aromatic heterocycles. The molecule has 110 valence electrons. The van der Waals surface area contributed by atoms with Crippen molar-refractivity contribution in [1.82, 2.24) is 5.32 Å². The first-order chi connectivity index (χ1) is 9.18. The Morgan fingerprint density at radius 3 is 2.26 bits per heavy atom. The number of hydrogen-bond acceptors (Lipinski definition) is 2. The summed E-state index contributed by atoms with van der Waals surface area (Å²) >= 11 is 0. The first-order valence-electron chi connectivity index (χ1n) is 8.24. The number of hydrogen-bond donors (Lipinski definition) is 2. The molecule has 0 spiro atoms. The van der Waals surface area contributed by atoms with Gasteiger partial charge in [-0.1, -0.05) is 45.4 Å². The SMILES string of the molecule is CC1C(N)CCCC1C(=O)NC1CCCCCCC1. The van der Waals surface area contributed by atoms with E-state index in [1.165, 1.54) is 44.9 Å². The maximum absolute atomic E-state index is 12.5. The summed E-state index contributed by atoms with van der Waals surface area (Å²) in [6.45, 7) is 2.15. The average Bonchev–Trinajstić information content (AvgIpc) is 2.35.